The van der Waals surface area contributed by atoms with Crippen LogP contribution >= 0.6 is 11.3 Å². The molecule has 1 N–H and O–H groups in total. The monoisotopic (exact) mass is 632 g/mol. The molecule has 0 atom stereocenters. The van der Waals surface area contributed by atoms with Gasteiger partial charge in [-0.1, -0.05) is 0 Å². The Kier molecular flexibility index (Phi) is 9.16. The minimum atomic E-state index is -1.24. The van der Waals surface area contributed by atoms with Crippen LogP contribution in [0.5, 0.6) is 11.5 Å². The maximum atomic E-state index is 14.0. The zero-order valence-electron chi connectivity index (χ0n) is 25.9. The second kappa shape index (κ2) is 12.6. The van der Waals surface area contributed by atoms with E-state index in [0.717, 1.165) is 54.2 Å². The maximum Gasteiger partial charge on any atom is 0.307 e. The van der Waals surface area contributed by atoms with E-state index in [2.05, 4.69) is 12.4 Å². The molecule has 0 bridgehead atoms. The van der Waals surface area contributed by atoms with Crippen LogP contribution in [0.1, 0.15) is 43.3 Å². The molecule has 238 valence electrons. The van der Waals surface area contributed by atoms with E-state index in [1.807, 2.05) is 12.1 Å². The Morgan fingerprint density at radius 2 is 1.73 bits per heavy atom. The van der Waals surface area contributed by atoms with Gasteiger partial charge in [0.1, 0.15) is 36.8 Å². The topological polar surface area (TPSA) is 96.0 Å². The molecule has 0 saturated carbocycles. The van der Waals surface area contributed by atoms with Crippen molar-refractivity contribution < 1.29 is 41.8 Å². The van der Waals surface area contributed by atoms with E-state index in [4.69, 9.17) is 23.9 Å². The Morgan fingerprint density at radius 3 is 2.34 bits per heavy atom. The molecule has 12 heteroatoms. The van der Waals surface area contributed by atoms with Crippen molar-refractivity contribution in [2.75, 3.05) is 53.6 Å². The summed E-state index contributed by atoms with van der Waals surface area (Å²) in [5, 5.41) is 3.58. The summed E-state index contributed by atoms with van der Waals surface area (Å²) in [7, 11) is 3.79. The molecule has 0 unspecified atom stereocenters. The number of carbonyl (C=O) groups is 2. The SMILES string of the molecule is COc1cc2sc(CNC(=O)C3(CC(=O)OC(C)(C)C)Cc4cc(F)c(F)cc4C3)nc2cc1OCC[N+]1(C)CCOCC1. The normalized spacial score (nSPS) is 17.2. The van der Waals surface area contributed by atoms with E-state index >= 15 is 0 Å². The number of thiazole rings is 1. The van der Waals surface area contributed by atoms with Crippen LogP contribution in [0, 0.1) is 17.0 Å². The van der Waals surface area contributed by atoms with Crippen LogP contribution in [0.25, 0.3) is 10.2 Å². The number of hydrogen-bond acceptors (Lipinski definition) is 8. The molecule has 9 nitrogen and oxygen atoms in total. The minimum Gasteiger partial charge on any atom is -0.493 e. The molecule has 0 spiro atoms. The van der Waals surface area contributed by atoms with Crippen molar-refractivity contribution in [3.8, 4) is 11.5 Å². The van der Waals surface area contributed by atoms with Crippen molar-refractivity contribution >= 4 is 33.4 Å². The Labute approximate surface area is 260 Å². The zero-order chi connectivity index (χ0) is 31.7. The maximum absolute atomic E-state index is 14.0. The van der Waals surface area contributed by atoms with Gasteiger partial charge in [0.15, 0.2) is 23.1 Å². The Bertz CT molecular complexity index is 1520. The highest BCUT2D eigenvalue weighted by Gasteiger charge is 2.46. The number of carbonyl (C=O) groups excluding carboxylic acids is 2. The Hall–Kier alpha value is -3.35. The average Bonchev–Trinajstić information content (AvgIpc) is 3.51. The first kappa shape index (κ1) is 32.1. The van der Waals surface area contributed by atoms with Crippen LogP contribution < -0.4 is 14.8 Å². The molecular weight excluding hydrogens is 592 g/mol. The van der Waals surface area contributed by atoms with E-state index in [-0.39, 0.29) is 25.8 Å². The molecule has 2 heterocycles. The molecule has 2 aliphatic rings. The summed E-state index contributed by atoms with van der Waals surface area (Å²) in [6.45, 7) is 10.1. The molecule has 1 amide bonds. The Balaban J connectivity index is 1.30. The first-order valence-corrected chi connectivity index (χ1v) is 15.6. The zero-order valence-corrected chi connectivity index (χ0v) is 26.7. The van der Waals surface area contributed by atoms with Gasteiger partial charge >= 0.3 is 5.97 Å². The molecule has 0 radical (unpaired) electrons. The lowest BCUT2D eigenvalue weighted by molar-refractivity contribution is -0.916. The van der Waals surface area contributed by atoms with Gasteiger partial charge in [-0.2, -0.15) is 0 Å². The van der Waals surface area contributed by atoms with Crippen LogP contribution in [0.3, 0.4) is 0 Å². The standard InChI is InChI=1S/C32H39F2N3O6S/c1-31(2,3)43-29(38)18-32(16-20-12-22(33)23(34)13-21(20)17-32)30(39)35-19-28-36-24-14-26(25(40-5)15-27(24)44-28)42-11-8-37(4)6-9-41-10-7-37/h12-15H,6-11,16-19H2,1-5H3/p+1. The number of aromatic nitrogens is 1. The number of nitrogens with one attached hydrogen (secondary N) is 1. The number of quaternary nitrogens is 1. The minimum absolute atomic E-state index is 0.0904. The van der Waals surface area contributed by atoms with Crippen molar-refractivity contribution in [3.63, 3.8) is 0 Å². The van der Waals surface area contributed by atoms with E-state index in [1.165, 1.54) is 11.3 Å². The van der Waals surface area contributed by atoms with E-state index in [0.29, 0.717) is 39.8 Å². The number of amides is 1. The van der Waals surface area contributed by atoms with Crippen molar-refractivity contribution in [1.82, 2.24) is 10.3 Å². The quantitative estimate of drug-likeness (QED) is 0.259. The predicted molar refractivity (Wildman–Crippen MR) is 162 cm³/mol. The number of morpholine rings is 1. The van der Waals surface area contributed by atoms with Crippen LogP contribution in [0.15, 0.2) is 24.3 Å². The van der Waals surface area contributed by atoms with E-state index < -0.39 is 34.5 Å². The summed E-state index contributed by atoms with van der Waals surface area (Å²) in [5.41, 5.74) is -0.265. The van der Waals surface area contributed by atoms with Crippen LogP contribution in [0.4, 0.5) is 8.78 Å². The number of esters is 1. The third-order valence-corrected chi connectivity index (χ3v) is 9.26. The second-order valence-corrected chi connectivity index (χ2v) is 14.1. The summed E-state index contributed by atoms with van der Waals surface area (Å²) < 4.78 is 52.6. The van der Waals surface area contributed by atoms with E-state index in [1.54, 1.807) is 27.9 Å². The number of nitrogens with zero attached hydrogens (tertiary/aromatic N) is 2. The number of likely N-dealkylation sites (N-methyl/N-ethyl adjacent to an activating group) is 1. The molecule has 1 fully saturated rings. The lowest BCUT2D eigenvalue weighted by Gasteiger charge is -2.37. The largest absolute Gasteiger partial charge is 0.493 e. The second-order valence-electron chi connectivity index (χ2n) is 12.9. The van der Waals surface area contributed by atoms with Gasteiger partial charge in [0, 0.05) is 12.1 Å². The van der Waals surface area contributed by atoms with Gasteiger partial charge in [-0.3, -0.25) is 9.59 Å². The van der Waals surface area contributed by atoms with Crippen LogP contribution in [-0.4, -0.2) is 80.6 Å². The highest BCUT2D eigenvalue weighted by molar-refractivity contribution is 7.18. The molecule has 1 aliphatic heterocycles. The van der Waals surface area contributed by atoms with Gasteiger partial charge in [-0.15, -0.1) is 11.3 Å². The highest BCUT2D eigenvalue weighted by atomic mass is 32.1. The summed E-state index contributed by atoms with van der Waals surface area (Å²) in [4.78, 5) is 31.3. The van der Waals surface area contributed by atoms with Crippen molar-refractivity contribution in [1.29, 1.82) is 0 Å². The molecule has 1 aliphatic carbocycles. The fourth-order valence-electron chi connectivity index (χ4n) is 5.83. The molecular formula is C32H40F2N3O6S+. The van der Waals surface area contributed by atoms with Gasteiger partial charge in [-0.05, 0) is 56.9 Å². The van der Waals surface area contributed by atoms with Crippen molar-refractivity contribution in [2.24, 2.45) is 5.41 Å². The van der Waals surface area contributed by atoms with Gasteiger partial charge in [0.05, 0.1) is 56.0 Å². The first-order valence-electron chi connectivity index (χ1n) is 14.8. The van der Waals surface area contributed by atoms with Crippen LogP contribution in [-0.2, 0) is 38.4 Å². The molecule has 1 saturated heterocycles. The predicted octanol–water partition coefficient (Wildman–Crippen LogP) is 4.57. The lowest BCUT2D eigenvalue weighted by Crippen LogP contribution is -2.53. The number of methoxy groups -OCH3 is 1. The van der Waals surface area contributed by atoms with Gasteiger partial charge in [0.2, 0.25) is 5.91 Å². The first-order chi connectivity index (χ1) is 20.8. The number of ether oxygens (including phenoxy) is 4. The molecule has 44 heavy (non-hydrogen) atoms. The number of benzene rings is 2. The van der Waals surface area contributed by atoms with Gasteiger partial charge in [0.25, 0.3) is 0 Å². The third-order valence-electron chi connectivity index (χ3n) is 8.24. The van der Waals surface area contributed by atoms with Crippen LogP contribution in [0.2, 0.25) is 0 Å². The molecule has 2 aromatic carbocycles. The number of hydrogen-bond donors (Lipinski definition) is 1. The number of rotatable bonds is 10. The fourth-order valence-corrected chi connectivity index (χ4v) is 6.75. The third kappa shape index (κ3) is 7.30. The highest BCUT2D eigenvalue weighted by Crippen LogP contribution is 2.42. The lowest BCUT2D eigenvalue weighted by atomic mass is 9.80. The summed E-state index contributed by atoms with van der Waals surface area (Å²) in [6, 6.07) is 5.94. The Morgan fingerprint density at radius 1 is 1.07 bits per heavy atom. The smallest absolute Gasteiger partial charge is 0.307 e. The average molecular weight is 633 g/mol. The van der Waals surface area contributed by atoms with E-state index in [9.17, 15) is 18.4 Å². The van der Waals surface area contributed by atoms with Crippen molar-refractivity contribution in [3.05, 3.63) is 52.0 Å². The summed E-state index contributed by atoms with van der Waals surface area (Å²) in [5.74, 6) is -1.72. The van der Waals surface area contributed by atoms with Gasteiger partial charge < -0.3 is 28.7 Å². The summed E-state index contributed by atoms with van der Waals surface area (Å²) in [6.07, 6.45) is -0.0448. The van der Waals surface area contributed by atoms with Crippen molar-refractivity contribution in [2.45, 2.75) is 52.2 Å². The molecule has 5 rings (SSSR count). The number of fused-ring (bicyclic) bond motifs is 2. The molecule has 3 aromatic rings. The number of halogens is 2. The fraction of sp³-hybridized carbons (Fsp3) is 0.531. The van der Waals surface area contributed by atoms with Gasteiger partial charge in [-0.25, -0.2) is 13.8 Å². The molecule has 1 aromatic heterocycles. The summed E-state index contributed by atoms with van der Waals surface area (Å²) >= 11 is 1.41.